The molecule has 0 saturated carbocycles. The molecule has 1 rings (SSSR count). The number of carbonyl (C=O) groups excluding carboxylic acids is 1. The van der Waals surface area contributed by atoms with Crippen LogP contribution in [-0.4, -0.2) is 12.6 Å². The van der Waals surface area contributed by atoms with Crippen molar-refractivity contribution in [2.45, 2.75) is 0 Å². The summed E-state index contributed by atoms with van der Waals surface area (Å²) in [5.41, 5.74) is 7.40. The number of nitrogens with one attached hydrogen (secondary N) is 1. The van der Waals surface area contributed by atoms with E-state index >= 15 is 0 Å². The van der Waals surface area contributed by atoms with Gasteiger partial charge < -0.3 is 11.1 Å². The molecule has 0 saturated heterocycles. The van der Waals surface area contributed by atoms with Gasteiger partial charge in [0.05, 0.1) is 11.3 Å². The fraction of sp³-hybridized carbons (Fsp3) is 0. The van der Waals surface area contributed by atoms with Gasteiger partial charge in [0.1, 0.15) is 0 Å². The highest BCUT2D eigenvalue weighted by Crippen LogP contribution is 2.18. The smallest absolute Gasteiger partial charge is 0.211 e. The lowest BCUT2D eigenvalue weighted by Gasteiger charge is -2.03. The average molecular weight is 164 g/mol. The van der Waals surface area contributed by atoms with Gasteiger partial charge in [-0.15, -0.1) is 0 Å². The summed E-state index contributed by atoms with van der Waals surface area (Å²) < 4.78 is 0. The van der Waals surface area contributed by atoms with Crippen LogP contribution in [-0.2, 0) is 4.79 Å². The van der Waals surface area contributed by atoms with E-state index in [0.717, 1.165) is 0 Å². The Hall–Kier alpha value is -1.84. The molecule has 0 heterocycles. The first kappa shape index (κ1) is 8.26. The predicted molar refractivity (Wildman–Crippen MR) is 47.6 cm³/mol. The van der Waals surface area contributed by atoms with E-state index in [1.54, 1.807) is 18.2 Å². The zero-order valence-electron chi connectivity index (χ0n) is 6.45. The molecule has 62 valence electrons. The molecular formula is C8H10N3O+. The summed E-state index contributed by atoms with van der Waals surface area (Å²) in [6.45, 7) is 0. The minimum atomic E-state index is 0.546. The maximum atomic E-state index is 10.1. The largest absolute Gasteiger partial charge is 0.398 e. The SMILES string of the molecule is Nc1cccc(NC=O)c1C=[NH2+]. The van der Waals surface area contributed by atoms with Gasteiger partial charge >= 0.3 is 0 Å². The summed E-state index contributed by atoms with van der Waals surface area (Å²) in [6.07, 6.45) is 1.95. The maximum Gasteiger partial charge on any atom is 0.211 e. The first-order valence-corrected chi connectivity index (χ1v) is 3.43. The van der Waals surface area contributed by atoms with E-state index in [4.69, 9.17) is 11.1 Å². The molecule has 4 heteroatoms. The summed E-state index contributed by atoms with van der Waals surface area (Å²) in [6, 6.07) is 5.19. The Balaban J connectivity index is 3.17. The first-order chi connectivity index (χ1) is 5.79. The minimum absolute atomic E-state index is 0.546. The highest BCUT2D eigenvalue weighted by Gasteiger charge is 2.03. The van der Waals surface area contributed by atoms with Crippen LogP contribution < -0.4 is 16.5 Å². The second kappa shape index (κ2) is 3.52. The van der Waals surface area contributed by atoms with Crippen molar-refractivity contribution >= 4 is 24.0 Å². The van der Waals surface area contributed by atoms with Crippen LogP contribution in [0.2, 0.25) is 0 Å². The number of nitrogen functional groups attached to an aromatic ring is 1. The number of amides is 1. The van der Waals surface area contributed by atoms with Crippen molar-refractivity contribution in [1.82, 2.24) is 0 Å². The van der Waals surface area contributed by atoms with Gasteiger partial charge in [-0.3, -0.25) is 10.2 Å². The van der Waals surface area contributed by atoms with E-state index in [1.165, 1.54) is 6.21 Å². The van der Waals surface area contributed by atoms with E-state index in [9.17, 15) is 4.79 Å². The molecular weight excluding hydrogens is 154 g/mol. The molecule has 0 aliphatic rings. The number of nitrogens with two attached hydrogens (primary N) is 2. The van der Waals surface area contributed by atoms with Crippen LogP contribution in [0.25, 0.3) is 0 Å². The van der Waals surface area contributed by atoms with Gasteiger partial charge in [-0.25, -0.2) is 0 Å². The Kier molecular flexibility index (Phi) is 2.42. The zero-order chi connectivity index (χ0) is 8.97. The van der Waals surface area contributed by atoms with E-state index in [-0.39, 0.29) is 0 Å². The summed E-state index contributed by atoms with van der Waals surface area (Å²) in [5, 5.41) is 7.82. The minimum Gasteiger partial charge on any atom is -0.398 e. The summed E-state index contributed by atoms with van der Waals surface area (Å²) in [7, 11) is 0. The zero-order valence-corrected chi connectivity index (χ0v) is 6.45. The van der Waals surface area contributed by atoms with Crippen molar-refractivity contribution in [2.75, 3.05) is 11.1 Å². The molecule has 0 radical (unpaired) electrons. The van der Waals surface area contributed by atoms with Crippen LogP contribution in [0.15, 0.2) is 18.2 Å². The van der Waals surface area contributed by atoms with Gasteiger partial charge in [-0.2, -0.15) is 0 Å². The quantitative estimate of drug-likeness (QED) is 0.305. The molecule has 0 spiro atoms. The van der Waals surface area contributed by atoms with Gasteiger partial charge in [0.2, 0.25) is 6.41 Å². The number of benzene rings is 1. The Bertz CT molecular complexity index is 309. The molecule has 1 amide bonds. The van der Waals surface area contributed by atoms with Gasteiger partial charge in [-0.05, 0) is 12.1 Å². The van der Waals surface area contributed by atoms with E-state index < -0.39 is 0 Å². The summed E-state index contributed by atoms with van der Waals surface area (Å²) >= 11 is 0. The molecule has 0 aliphatic heterocycles. The summed E-state index contributed by atoms with van der Waals surface area (Å²) in [5.74, 6) is 0. The van der Waals surface area contributed by atoms with Crippen LogP contribution in [0.1, 0.15) is 5.56 Å². The lowest BCUT2D eigenvalue weighted by atomic mass is 10.1. The van der Waals surface area contributed by atoms with Crippen molar-refractivity contribution in [3.05, 3.63) is 23.8 Å². The highest BCUT2D eigenvalue weighted by molar-refractivity contribution is 5.94. The van der Waals surface area contributed by atoms with Crippen LogP contribution in [0, 0.1) is 0 Å². The number of rotatable bonds is 3. The number of anilines is 2. The lowest BCUT2D eigenvalue weighted by Crippen LogP contribution is -2.30. The van der Waals surface area contributed by atoms with Crippen LogP contribution in [0.3, 0.4) is 0 Å². The topological polar surface area (TPSA) is 80.7 Å². The van der Waals surface area contributed by atoms with Gasteiger partial charge in [-0.1, -0.05) is 6.07 Å². The monoisotopic (exact) mass is 164 g/mol. The van der Waals surface area contributed by atoms with E-state index in [1.807, 2.05) is 0 Å². The fourth-order valence-electron chi connectivity index (χ4n) is 0.958. The normalized spacial score (nSPS) is 9.00. The third-order valence-corrected chi connectivity index (χ3v) is 1.52. The second-order valence-corrected chi connectivity index (χ2v) is 2.24. The average Bonchev–Trinajstić information content (AvgIpc) is 2.05. The Morgan fingerprint density at radius 1 is 1.50 bits per heavy atom. The molecule has 0 unspecified atom stereocenters. The van der Waals surface area contributed by atoms with E-state index in [2.05, 4.69) is 5.32 Å². The third kappa shape index (κ3) is 1.42. The van der Waals surface area contributed by atoms with Crippen LogP contribution in [0.4, 0.5) is 11.4 Å². The molecule has 0 aliphatic carbocycles. The molecule has 12 heavy (non-hydrogen) atoms. The lowest BCUT2D eigenvalue weighted by molar-refractivity contribution is -0.105. The highest BCUT2D eigenvalue weighted by atomic mass is 16.1. The molecule has 0 atom stereocenters. The van der Waals surface area contributed by atoms with Gasteiger partial charge in [0.15, 0.2) is 6.21 Å². The van der Waals surface area contributed by atoms with Crippen molar-refractivity contribution in [1.29, 1.82) is 0 Å². The van der Waals surface area contributed by atoms with E-state index in [0.29, 0.717) is 23.3 Å². The van der Waals surface area contributed by atoms with Crippen molar-refractivity contribution in [2.24, 2.45) is 0 Å². The van der Waals surface area contributed by atoms with Crippen molar-refractivity contribution < 1.29 is 10.2 Å². The standard InChI is InChI=1S/C8H9N3O/c9-4-6-7(10)2-1-3-8(6)11-5-12/h1-5,9H,10H2,(H,11,12)/p+1. The van der Waals surface area contributed by atoms with Crippen molar-refractivity contribution in [3.63, 3.8) is 0 Å². The molecule has 0 aromatic heterocycles. The number of hydrogen-bond donors (Lipinski definition) is 3. The fourth-order valence-corrected chi connectivity index (χ4v) is 0.958. The Labute approximate surface area is 69.9 Å². The van der Waals surface area contributed by atoms with Crippen LogP contribution in [0.5, 0.6) is 0 Å². The molecule has 5 N–H and O–H groups in total. The molecule has 4 nitrogen and oxygen atoms in total. The van der Waals surface area contributed by atoms with Crippen molar-refractivity contribution in [3.8, 4) is 0 Å². The Morgan fingerprint density at radius 3 is 2.83 bits per heavy atom. The van der Waals surface area contributed by atoms with Gasteiger partial charge in [0.25, 0.3) is 0 Å². The maximum absolute atomic E-state index is 10.1. The summed E-state index contributed by atoms with van der Waals surface area (Å²) in [4.78, 5) is 10.1. The molecule has 0 fully saturated rings. The molecule has 0 bridgehead atoms. The Morgan fingerprint density at radius 2 is 2.25 bits per heavy atom. The predicted octanol–water partition coefficient (Wildman–Crippen LogP) is -0.985. The number of carbonyl (C=O) groups is 1. The first-order valence-electron chi connectivity index (χ1n) is 3.43. The second-order valence-electron chi connectivity index (χ2n) is 2.24. The van der Waals surface area contributed by atoms with Crippen LogP contribution >= 0.6 is 0 Å². The van der Waals surface area contributed by atoms with Gasteiger partial charge in [0, 0.05) is 5.69 Å². The molecule has 1 aromatic carbocycles. The third-order valence-electron chi connectivity index (χ3n) is 1.52. The molecule has 1 aromatic rings. The number of hydrogen-bond acceptors (Lipinski definition) is 2.